The van der Waals surface area contributed by atoms with Crippen LogP contribution in [0.3, 0.4) is 0 Å². The van der Waals surface area contributed by atoms with Crippen molar-refractivity contribution < 1.29 is 14.6 Å². The summed E-state index contributed by atoms with van der Waals surface area (Å²) in [5.41, 5.74) is -1.12. The summed E-state index contributed by atoms with van der Waals surface area (Å²) < 4.78 is 5.32. The molecule has 1 fully saturated rings. The van der Waals surface area contributed by atoms with Crippen molar-refractivity contribution in [2.24, 2.45) is 0 Å². The Morgan fingerprint density at radius 2 is 2.06 bits per heavy atom. The van der Waals surface area contributed by atoms with Gasteiger partial charge in [-0.05, 0) is 47.5 Å². The number of ether oxygens (including phenoxy) is 1. The van der Waals surface area contributed by atoms with Crippen molar-refractivity contribution in [3.8, 4) is 0 Å². The molecule has 16 heavy (non-hydrogen) atoms. The highest BCUT2D eigenvalue weighted by molar-refractivity contribution is 5.68. The summed E-state index contributed by atoms with van der Waals surface area (Å²) in [6.07, 6.45) is 0.929. The smallest absolute Gasteiger partial charge is 0.410 e. The molecule has 4 heteroatoms. The number of nitrogens with zero attached hydrogens (tertiary/aromatic N) is 1. The minimum Gasteiger partial charge on any atom is -0.444 e. The van der Waals surface area contributed by atoms with Crippen LogP contribution in [0.1, 0.15) is 47.5 Å². The lowest BCUT2D eigenvalue weighted by Crippen LogP contribution is -2.51. The second-order valence-corrected chi connectivity index (χ2v) is 5.97. The third kappa shape index (κ3) is 3.67. The predicted octanol–water partition coefficient (Wildman–Crippen LogP) is 2.16. The molecular weight excluding hydrogens is 206 g/mol. The molecule has 94 valence electrons. The standard InChI is InChI=1S/C12H23NO3/c1-9-8-12(5,15)6-7-13(9)10(14)16-11(2,3)4/h9,15H,6-8H2,1-5H3/t9-,12-/m0/s1. The molecule has 0 radical (unpaired) electrons. The van der Waals surface area contributed by atoms with E-state index < -0.39 is 11.2 Å². The zero-order valence-corrected chi connectivity index (χ0v) is 10.9. The van der Waals surface area contributed by atoms with Crippen molar-refractivity contribution in [1.29, 1.82) is 0 Å². The van der Waals surface area contributed by atoms with Crippen LogP contribution < -0.4 is 0 Å². The third-order valence-corrected chi connectivity index (χ3v) is 2.79. The van der Waals surface area contributed by atoms with E-state index in [2.05, 4.69) is 0 Å². The Labute approximate surface area is 97.6 Å². The van der Waals surface area contributed by atoms with Crippen LogP contribution in [-0.4, -0.2) is 39.9 Å². The van der Waals surface area contributed by atoms with Crippen LogP contribution in [-0.2, 0) is 4.74 Å². The zero-order chi connectivity index (χ0) is 12.6. The lowest BCUT2D eigenvalue weighted by molar-refractivity contribution is -0.0405. The molecule has 0 aromatic carbocycles. The number of carbonyl (C=O) groups is 1. The van der Waals surface area contributed by atoms with Crippen LogP contribution in [0.15, 0.2) is 0 Å². The van der Waals surface area contributed by atoms with Gasteiger partial charge < -0.3 is 14.7 Å². The second kappa shape index (κ2) is 4.24. The fourth-order valence-corrected chi connectivity index (χ4v) is 2.02. The van der Waals surface area contributed by atoms with Crippen molar-refractivity contribution in [1.82, 2.24) is 4.90 Å². The van der Waals surface area contributed by atoms with E-state index in [-0.39, 0.29) is 12.1 Å². The Bertz CT molecular complexity index is 268. The fourth-order valence-electron chi connectivity index (χ4n) is 2.02. The van der Waals surface area contributed by atoms with Crippen LogP contribution in [0.5, 0.6) is 0 Å². The molecule has 1 aliphatic rings. The highest BCUT2D eigenvalue weighted by atomic mass is 16.6. The molecule has 0 bridgehead atoms. The highest BCUT2D eigenvalue weighted by Gasteiger charge is 2.36. The quantitative estimate of drug-likeness (QED) is 0.692. The topological polar surface area (TPSA) is 49.8 Å². The number of carbonyl (C=O) groups excluding carboxylic acids is 1. The number of piperidine rings is 1. The molecular formula is C12H23NO3. The van der Waals surface area contributed by atoms with Crippen LogP contribution >= 0.6 is 0 Å². The van der Waals surface area contributed by atoms with Gasteiger partial charge in [0.05, 0.1) is 5.60 Å². The van der Waals surface area contributed by atoms with E-state index >= 15 is 0 Å². The minimum absolute atomic E-state index is 0.0265. The Morgan fingerprint density at radius 1 is 1.50 bits per heavy atom. The molecule has 1 saturated heterocycles. The summed E-state index contributed by atoms with van der Waals surface area (Å²) in [4.78, 5) is 13.6. The lowest BCUT2D eigenvalue weighted by atomic mass is 9.89. The van der Waals surface area contributed by atoms with E-state index in [1.165, 1.54) is 0 Å². The summed E-state index contributed by atoms with van der Waals surface area (Å²) >= 11 is 0. The molecule has 1 amide bonds. The van der Waals surface area contributed by atoms with Gasteiger partial charge in [0.15, 0.2) is 0 Å². The highest BCUT2D eigenvalue weighted by Crippen LogP contribution is 2.27. The Kier molecular flexibility index (Phi) is 3.53. The normalized spacial score (nSPS) is 31.4. The van der Waals surface area contributed by atoms with Gasteiger partial charge in [-0.1, -0.05) is 0 Å². The van der Waals surface area contributed by atoms with E-state index in [1.807, 2.05) is 34.6 Å². The van der Waals surface area contributed by atoms with E-state index in [1.54, 1.807) is 4.90 Å². The van der Waals surface area contributed by atoms with Gasteiger partial charge in [0.25, 0.3) is 0 Å². The molecule has 0 unspecified atom stereocenters. The Balaban J connectivity index is 2.59. The fraction of sp³-hybridized carbons (Fsp3) is 0.917. The van der Waals surface area contributed by atoms with Crippen LogP contribution in [0, 0.1) is 0 Å². The first-order valence-electron chi connectivity index (χ1n) is 5.83. The maximum atomic E-state index is 11.9. The van der Waals surface area contributed by atoms with Crippen LogP contribution in [0.2, 0.25) is 0 Å². The van der Waals surface area contributed by atoms with Gasteiger partial charge >= 0.3 is 6.09 Å². The number of amides is 1. The largest absolute Gasteiger partial charge is 0.444 e. The number of aliphatic hydroxyl groups is 1. The molecule has 4 nitrogen and oxygen atoms in total. The van der Waals surface area contributed by atoms with Gasteiger partial charge in [-0.25, -0.2) is 4.79 Å². The van der Waals surface area contributed by atoms with Gasteiger partial charge in [-0.15, -0.1) is 0 Å². The zero-order valence-electron chi connectivity index (χ0n) is 10.9. The molecule has 2 atom stereocenters. The summed E-state index contributed by atoms with van der Waals surface area (Å²) in [7, 11) is 0. The number of rotatable bonds is 0. The molecule has 1 rings (SSSR count). The molecule has 0 aromatic heterocycles. The van der Waals surface area contributed by atoms with E-state index in [9.17, 15) is 9.90 Å². The molecule has 1 N–H and O–H groups in total. The molecule has 1 heterocycles. The second-order valence-electron chi connectivity index (χ2n) is 5.97. The van der Waals surface area contributed by atoms with Crippen LogP contribution in [0.4, 0.5) is 4.79 Å². The summed E-state index contributed by atoms with van der Waals surface area (Å²) in [5.74, 6) is 0. The van der Waals surface area contributed by atoms with E-state index in [0.29, 0.717) is 19.4 Å². The van der Waals surface area contributed by atoms with Crippen molar-refractivity contribution in [3.05, 3.63) is 0 Å². The van der Waals surface area contributed by atoms with E-state index in [4.69, 9.17) is 4.74 Å². The molecule has 1 aliphatic heterocycles. The van der Waals surface area contributed by atoms with Gasteiger partial charge in [0.1, 0.15) is 5.60 Å². The first-order chi connectivity index (χ1) is 7.11. The number of hydrogen-bond donors (Lipinski definition) is 1. The van der Waals surface area contributed by atoms with Gasteiger partial charge in [0.2, 0.25) is 0 Å². The van der Waals surface area contributed by atoms with Gasteiger partial charge in [-0.3, -0.25) is 0 Å². The van der Waals surface area contributed by atoms with Crippen molar-refractivity contribution in [2.75, 3.05) is 6.54 Å². The summed E-state index contributed by atoms with van der Waals surface area (Å²) in [5, 5.41) is 9.90. The summed E-state index contributed by atoms with van der Waals surface area (Å²) in [6, 6.07) is 0.0265. The lowest BCUT2D eigenvalue weighted by Gasteiger charge is -2.41. The Hall–Kier alpha value is -0.770. The Morgan fingerprint density at radius 3 is 2.50 bits per heavy atom. The monoisotopic (exact) mass is 229 g/mol. The maximum Gasteiger partial charge on any atom is 0.410 e. The van der Waals surface area contributed by atoms with Gasteiger partial charge in [0, 0.05) is 12.6 Å². The maximum absolute atomic E-state index is 11.9. The van der Waals surface area contributed by atoms with Crippen molar-refractivity contribution >= 4 is 6.09 Å². The number of hydrogen-bond acceptors (Lipinski definition) is 3. The van der Waals surface area contributed by atoms with Gasteiger partial charge in [-0.2, -0.15) is 0 Å². The van der Waals surface area contributed by atoms with Crippen molar-refractivity contribution in [2.45, 2.75) is 64.7 Å². The number of likely N-dealkylation sites (tertiary alicyclic amines) is 1. The minimum atomic E-state index is -0.655. The average Bonchev–Trinajstić information content (AvgIpc) is 1.97. The average molecular weight is 229 g/mol. The first kappa shape index (κ1) is 13.3. The first-order valence-corrected chi connectivity index (χ1v) is 5.83. The van der Waals surface area contributed by atoms with E-state index in [0.717, 1.165) is 0 Å². The van der Waals surface area contributed by atoms with Crippen molar-refractivity contribution in [3.63, 3.8) is 0 Å². The SMILES string of the molecule is C[C@H]1C[C@@](C)(O)CCN1C(=O)OC(C)(C)C. The molecule has 0 aromatic rings. The molecule has 0 spiro atoms. The molecule has 0 saturated carbocycles. The predicted molar refractivity (Wildman–Crippen MR) is 62.3 cm³/mol. The third-order valence-electron chi connectivity index (χ3n) is 2.79. The van der Waals surface area contributed by atoms with Crippen LogP contribution in [0.25, 0.3) is 0 Å². The molecule has 0 aliphatic carbocycles. The summed E-state index contributed by atoms with van der Waals surface area (Å²) in [6.45, 7) is 9.89.